The maximum atomic E-state index is 13.4. The SMILES string of the molecule is CCN(CC)CCNC(=O)c1ccc(N/C(=C2\C(=O)Nc3ccc(C(=O)NCC4CCCCC4)cc32)c2ccccc2)cc1. The van der Waals surface area contributed by atoms with Crippen molar-refractivity contribution in [1.82, 2.24) is 15.5 Å². The third-order valence-corrected chi connectivity index (χ3v) is 8.64. The molecule has 1 fully saturated rings. The Morgan fingerprint density at radius 3 is 2.20 bits per heavy atom. The van der Waals surface area contributed by atoms with Crippen LogP contribution in [-0.4, -0.2) is 55.3 Å². The lowest BCUT2D eigenvalue weighted by Crippen LogP contribution is -2.34. The first-order valence-electron chi connectivity index (χ1n) is 15.9. The van der Waals surface area contributed by atoms with Gasteiger partial charge in [-0.2, -0.15) is 0 Å². The summed E-state index contributed by atoms with van der Waals surface area (Å²) in [6.07, 6.45) is 6.04. The molecule has 0 spiro atoms. The molecule has 3 amide bonds. The van der Waals surface area contributed by atoms with Gasteiger partial charge in [-0.3, -0.25) is 14.4 Å². The Balaban J connectivity index is 1.37. The van der Waals surface area contributed by atoms with Crippen LogP contribution in [0, 0.1) is 5.92 Å². The van der Waals surface area contributed by atoms with Crippen LogP contribution in [-0.2, 0) is 4.79 Å². The molecule has 1 aliphatic heterocycles. The van der Waals surface area contributed by atoms with Crippen LogP contribution in [0.2, 0.25) is 0 Å². The van der Waals surface area contributed by atoms with E-state index in [4.69, 9.17) is 0 Å². The third-order valence-electron chi connectivity index (χ3n) is 8.64. The van der Waals surface area contributed by atoms with Crippen molar-refractivity contribution in [3.05, 3.63) is 95.1 Å². The van der Waals surface area contributed by atoms with Crippen molar-refractivity contribution in [2.75, 3.05) is 43.4 Å². The van der Waals surface area contributed by atoms with E-state index in [1.807, 2.05) is 42.5 Å². The predicted octanol–water partition coefficient (Wildman–Crippen LogP) is 6.00. The molecule has 0 atom stereocenters. The van der Waals surface area contributed by atoms with Gasteiger partial charge in [0.2, 0.25) is 0 Å². The fraction of sp³-hybridized carbons (Fsp3) is 0.361. The number of carbonyl (C=O) groups is 3. The highest BCUT2D eigenvalue weighted by atomic mass is 16.2. The Bertz CT molecular complexity index is 1490. The smallest absolute Gasteiger partial charge is 0.258 e. The van der Waals surface area contributed by atoms with Crippen molar-refractivity contribution in [2.45, 2.75) is 46.0 Å². The van der Waals surface area contributed by atoms with Gasteiger partial charge in [-0.25, -0.2) is 0 Å². The standard InChI is InChI=1S/C36H43N5O3/c1-3-41(4-2)22-21-37-34(42)27-15-18-29(19-16-27)39-33(26-13-9-6-10-14-26)32-30-23-28(17-20-31(30)40-36(32)44)35(43)38-24-25-11-7-5-8-12-25/h6,9-10,13-20,23,25,39H,3-5,7-8,11-12,21-22,24H2,1-2H3,(H,37,42)(H,38,43)(H,40,44)/b33-32-. The van der Waals surface area contributed by atoms with E-state index >= 15 is 0 Å². The van der Waals surface area contributed by atoms with Crippen molar-refractivity contribution >= 4 is 40.4 Å². The first-order chi connectivity index (χ1) is 21.5. The second-order valence-corrected chi connectivity index (χ2v) is 11.5. The Morgan fingerprint density at radius 1 is 0.818 bits per heavy atom. The van der Waals surface area contributed by atoms with Crippen LogP contribution in [0.5, 0.6) is 0 Å². The highest BCUT2D eigenvalue weighted by molar-refractivity contribution is 6.37. The molecular weight excluding hydrogens is 550 g/mol. The molecule has 230 valence electrons. The van der Waals surface area contributed by atoms with Crippen LogP contribution in [0.1, 0.15) is 77.8 Å². The second-order valence-electron chi connectivity index (χ2n) is 11.5. The van der Waals surface area contributed by atoms with Gasteiger partial charge in [-0.15, -0.1) is 0 Å². The van der Waals surface area contributed by atoms with Gasteiger partial charge in [0.1, 0.15) is 0 Å². The quantitative estimate of drug-likeness (QED) is 0.193. The van der Waals surface area contributed by atoms with E-state index in [0.29, 0.717) is 52.7 Å². The fourth-order valence-corrected chi connectivity index (χ4v) is 5.99. The zero-order valence-electron chi connectivity index (χ0n) is 25.7. The van der Waals surface area contributed by atoms with E-state index < -0.39 is 0 Å². The van der Waals surface area contributed by atoms with Crippen LogP contribution in [0.3, 0.4) is 0 Å². The van der Waals surface area contributed by atoms with Gasteiger partial charge in [0.05, 0.1) is 11.3 Å². The Kier molecular flexibility index (Phi) is 10.5. The van der Waals surface area contributed by atoms with Gasteiger partial charge in [-0.05, 0) is 79.9 Å². The summed E-state index contributed by atoms with van der Waals surface area (Å²) in [4.78, 5) is 41.5. The third kappa shape index (κ3) is 7.55. The molecule has 0 saturated heterocycles. The lowest BCUT2D eigenvalue weighted by molar-refractivity contribution is -0.110. The van der Waals surface area contributed by atoms with Crippen LogP contribution in [0.4, 0.5) is 11.4 Å². The molecule has 4 N–H and O–H groups in total. The number of amides is 3. The molecule has 8 nitrogen and oxygen atoms in total. The molecule has 3 aromatic carbocycles. The molecule has 1 saturated carbocycles. The van der Waals surface area contributed by atoms with E-state index in [1.54, 1.807) is 30.3 Å². The first-order valence-corrected chi connectivity index (χ1v) is 15.9. The van der Waals surface area contributed by atoms with Gasteiger partial charge >= 0.3 is 0 Å². The number of rotatable bonds is 12. The summed E-state index contributed by atoms with van der Waals surface area (Å²) in [5, 5.41) is 12.5. The maximum Gasteiger partial charge on any atom is 0.258 e. The minimum absolute atomic E-state index is 0.122. The first kappa shape index (κ1) is 31.0. The van der Waals surface area contributed by atoms with Crippen molar-refractivity contribution < 1.29 is 14.4 Å². The number of hydrogen-bond acceptors (Lipinski definition) is 5. The zero-order chi connectivity index (χ0) is 30.9. The van der Waals surface area contributed by atoms with E-state index in [-0.39, 0.29) is 17.7 Å². The van der Waals surface area contributed by atoms with Crippen LogP contribution in [0.15, 0.2) is 72.8 Å². The summed E-state index contributed by atoms with van der Waals surface area (Å²) in [7, 11) is 0. The van der Waals surface area contributed by atoms with E-state index in [1.165, 1.54) is 19.3 Å². The average molecular weight is 594 g/mol. The summed E-state index contributed by atoms with van der Waals surface area (Å²) in [6, 6.07) is 22.3. The highest BCUT2D eigenvalue weighted by Crippen LogP contribution is 2.38. The Labute approximate surface area is 260 Å². The molecule has 1 heterocycles. The molecule has 0 bridgehead atoms. The largest absolute Gasteiger partial charge is 0.354 e. The van der Waals surface area contributed by atoms with E-state index in [0.717, 1.165) is 43.7 Å². The minimum atomic E-state index is -0.240. The number of fused-ring (bicyclic) bond motifs is 1. The van der Waals surface area contributed by atoms with Gasteiger partial charge in [-0.1, -0.05) is 63.4 Å². The molecule has 2 aliphatic rings. The van der Waals surface area contributed by atoms with Crippen molar-refractivity contribution in [3.63, 3.8) is 0 Å². The number of benzene rings is 3. The number of carbonyl (C=O) groups excluding carboxylic acids is 3. The molecule has 8 heteroatoms. The highest BCUT2D eigenvalue weighted by Gasteiger charge is 2.29. The number of nitrogens with zero attached hydrogens (tertiary/aromatic N) is 1. The van der Waals surface area contributed by atoms with Crippen molar-refractivity contribution in [2.24, 2.45) is 5.92 Å². The molecule has 5 rings (SSSR count). The second kappa shape index (κ2) is 14.8. The van der Waals surface area contributed by atoms with Crippen molar-refractivity contribution in [3.8, 4) is 0 Å². The predicted molar refractivity (Wildman–Crippen MR) is 177 cm³/mol. The summed E-state index contributed by atoms with van der Waals surface area (Å²) in [5.74, 6) is 0.0379. The van der Waals surface area contributed by atoms with Gasteiger partial charge < -0.3 is 26.2 Å². The van der Waals surface area contributed by atoms with Gasteiger partial charge in [0.25, 0.3) is 17.7 Å². The molecule has 0 aromatic heterocycles. The van der Waals surface area contributed by atoms with E-state index in [9.17, 15) is 14.4 Å². The number of nitrogens with one attached hydrogen (secondary N) is 4. The van der Waals surface area contributed by atoms with Crippen LogP contribution in [0.25, 0.3) is 11.3 Å². The fourth-order valence-electron chi connectivity index (χ4n) is 5.99. The minimum Gasteiger partial charge on any atom is -0.354 e. The van der Waals surface area contributed by atoms with Crippen LogP contribution >= 0.6 is 0 Å². The average Bonchev–Trinajstić information content (AvgIpc) is 3.40. The van der Waals surface area contributed by atoms with Crippen molar-refractivity contribution in [1.29, 1.82) is 0 Å². The zero-order valence-corrected chi connectivity index (χ0v) is 25.7. The molecule has 0 unspecified atom stereocenters. The molecule has 44 heavy (non-hydrogen) atoms. The molecule has 1 aliphatic carbocycles. The van der Waals surface area contributed by atoms with Gasteiger partial charge in [0, 0.05) is 47.7 Å². The Morgan fingerprint density at radius 2 is 1.50 bits per heavy atom. The Hall–Kier alpha value is -4.43. The van der Waals surface area contributed by atoms with E-state index in [2.05, 4.69) is 40.0 Å². The number of anilines is 2. The summed E-state index contributed by atoms with van der Waals surface area (Å²) < 4.78 is 0. The molecule has 0 radical (unpaired) electrons. The number of hydrogen-bond donors (Lipinski definition) is 4. The molecule has 3 aromatic rings. The lowest BCUT2D eigenvalue weighted by atomic mass is 9.89. The summed E-state index contributed by atoms with van der Waals surface area (Å²) >= 11 is 0. The topological polar surface area (TPSA) is 103 Å². The summed E-state index contributed by atoms with van der Waals surface area (Å²) in [6.45, 7) is 8.18. The monoisotopic (exact) mass is 593 g/mol. The summed E-state index contributed by atoms with van der Waals surface area (Å²) in [5.41, 5.74) is 5.09. The normalized spacial score (nSPS) is 15.8. The lowest BCUT2D eigenvalue weighted by Gasteiger charge is -2.21. The maximum absolute atomic E-state index is 13.4. The van der Waals surface area contributed by atoms with Crippen LogP contribution < -0.4 is 21.3 Å². The van der Waals surface area contributed by atoms with Gasteiger partial charge in [0.15, 0.2) is 0 Å². The molecular formula is C36H43N5O3. The number of likely N-dealkylation sites (N-methyl/N-ethyl adjacent to an activating group) is 1.